The lowest BCUT2D eigenvalue weighted by molar-refractivity contribution is 0.152. The fourth-order valence-electron chi connectivity index (χ4n) is 2.57. The minimum absolute atomic E-state index is 0.701. The number of benzene rings is 1. The van der Waals surface area contributed by atoms with Crippen molar-refractivity contribution >= 4 is 5.69 Å². The molecule has 1 heterocycles. The normalized spacial score (nSPS) is 16.5. The largest absolute Gasteiger partial charge is 0.380 e. The van der Waals surface area contributed by atoms with Crippen LogP contribution < -0.4 is 10.2 Å². The molecule has 1 N–H and O–H groups in total. The number of nitrogens with one attached hydrogen (secondary N) is 1. The van der Waals surface area contributed by atoms with Gasteiger partial charge in [-0.3, -0.25) is 0 Å². The maximum absolute atomic E-state index is 5.52. The Kier molecular flexibility index (Phi) is 5.86. The lowest BCUT2D eigenvalue weighted by Crippen LogP contribution is -2.26. The Morgan fingerprint density at radius 1 is 1.25 bits per heavy atom. The van der Waals surface area contributed by atoms with Gasteiger partial charge in [-0.05, 0) is 49.1 Å². The van der Waals surface area contributed by atoms with Crippen molar-refractivity contribution in [1.82, 2.24) is 5.32 Å². The fourth-order valence-corrected chi connectivity index (χ4v) is 2.57. The minimum Gasteiger partial charge on any atom is -0.380 e. The molecule has 2 rings (SSSR count). The van der Waals surface area contributed by atoms with Gasteiger partial charge in [-0.25, -0.2) is 0 Å². The third-order valence-electron chi connectivity index (χ3n) is 3.78. The van der Waals surface area contributed by atoms with Gasteiger partial charge in [0.15, 0.2) is 0 Å². The van der Waals surface area contributed by atoms with E-state index < -0.39 is 0 Å². The van der Waals surface area contributed by atoms with Gasteiger partial charge in [0.05, 0.1) is 6.61 Å². The summed E-state index contributed by atoms with van der Waals surface area (Å²) < 4.78 is 5.52. The van der Waals surface area contributed by atoms with Gasteiger partial charge in [0, 0.05) is 31.9 Å². The molecule has 0 atom stereocenters. The van der Waals surface area contributed by atoms with E-state index in [4.69, 9.17) is 4.74 Å². The third-order valence-corrected chi connectivity index (χ3v) is 3.78. The second-order valence-electron chi connectivity index (χ2n) is 6.09. The molecular weight excluding hydrogens is 248 g/mol. The molecule has 1 aromatic carbocycles. The highest BCUT2D eigenvalue weighted by atomic mass is 16.5. The molecule has 0 bridgehead atoms. The molecule has 0 spiro atoms. The van der Waals surface area contributed by atoms with E-state index in [0.29, 0.717) is 5.92 Å². The highest BCUT2D eigenvalue weighted by Gasteiger charge is 2.11. The molecular formula is C17H28N2O. The first-order valence-corrected chi connectivity index (χ1v) is 7.80. The van der Waals surface area contributed by atoms with Crippen LogP contribution in [0.15, 0.2) is 18.2 Å². The van der Waals surface area contributed by atoms with Gasteiger partial charge in [0.25, 0.3) is 0 Å². The summed E-state index contributed by atoms with van der Waals surface area (Å²) in [5.41, 5.74) is 4.12. The maximum Gasteiger partial charge on any atom is 0.0641 e. The Balaban J connectivity index is 1.97. The molecule has 1 aliphatic rings. The first-order valence-electron chi connectivity index (χ1n) is 7.80. The maximum atomic E-state index is 5.52. The zero-order valence-electron chi connectivity index (χ0n) is 13.1. The van der Waals surface area contributed by atoms with Crippen molar-refractivity contribution in [2.45, 2.75) is 33.7 Å². The van der Waals surface area contributed by atoms with Crippen molar-refractivity contribution in [1.29, 1.82) is 0 Å². The molecule has 3 heteroatoms. The molecule has 0 aromatic heterocycles. The number of hydrogen-bond acceptors (Lipinski definition) is 3. The van der Waals surface area contributed by atoms with Gasteiger partial charge in [0.2, 0.25) is 0 Å². The zero-order valence-corrected chi connectivity index (χ0v) is 13.1. The standard InChI is InChI=1S/C17H28N2O/c1-14(2)12-18-13-16-5-6-17(11-15(16)3)19-7-4-9-20-10-8-19/h5-6,11,14,18H,4,7-10,12-13H2,1-3H3. The van der Waals surface area contributed by atoms with E-state index >= 15 is 0 Å². The smallest absolute Gasteiger partial charge is 0.0641 e. The predicted molar refractivity (Wildman–Crippen MR) is 85.4 cm³/mol. The molecule has 1 saturated heterocycles. The molecule has 112 valence electrons. The average molecular weight is 276 g/mol. The number of nitrogens with zero attached hydrogens (tertiary/aromatic N) is 1. The van der Waals surface area contributed by atoms with Crippen LogP contribution in [0, 0.1) is 12.8 Å². The van der Waals surface area contributed by atoms with E-state index in [1.165, 1.54) is 16.8 Å². The summed E-state index contributed by atoms with van der Waals surface area (Å²) in [6, 6.07) is 6.84. The van der Waals surface area contributed by atoms with Crippen molar-refractivity contribution in [3.63, 3.8) is 0 Å². The summed E-state index contributed by atoms with van der Waals surface area (Å²) in [5.74, 6) is 0.701. The van der Waals surface area contributed by atoms with Gasteiger partial charge in [-0.15, -0.1) is 0 Å². The van der Waals surface area contributed by atoms with Crippen molar-refractivity contribution < 1.29 is 4.74 Å². The first kappa shape index (κ1) is 15.3. The van der Waals surface area contributed by atoms with Gasteiger partial charge >= 0.3 is 0 Å². The summed E-state index contributed by atoms with van der Waals surface area (Å²) in [7, 11) is 0. The highest BCUT2D eigenvalue weighted by Crippen LogP contribution is 2.20. The Morgan fingerprint density at radius 3 is 2.85 bits per heavy atom. The summed E-state index contributed by atoms with van der Waals surface area (Å²) in [6.07, 6.45) is 1.12. The van der Waals surface area contributed by atoms with Crippen LogP contribution in [0.3, 0.4) is 0 Å². The number of hydrogen-bond donors (Lipinski definition) is 1. The highest BCUT2D eigenvalue weighted by molar-refractivity contribution is 5.51. The number of anilines is 1. The molecule has 20 heavy (non-hydrogen) atoms. The summed E-state index contributed by atoms with van der Waals surface area (Å²) in [5, 5.41) is 3.52. The van der Waals surface area contributed by atoms with E-state index in [-0.39, 0.29) is 0 Å². The van der Waals surface area contributed by atoms with Gasteiger partial charge < -0.3 is 15.0 Å². The van der Waals surface area contributed by atoms with Crippen LogP contribution in [0.2, 0.25) is 0 Å². The van der Waals surface area contributed by atoms with E-state index in [1.807, 2.05) is 0 Å². The number of rotatable bonds is 5. The number of aryl methyl sites for hydroxylation is 1. The minimum atomic E-state index is 0.701. The zero-order chi connectivity index (χ0) is 14.4. The van der Waals surface area contributed by atoms with Crippen molar-refractivity contribution in [3.8, 4) is 0 Å². The van der Waals surface area contributed by atoms with Crippen LogP contribution in [-0.2, 0) is 11.3 Å². The molecule has 0 aliphatic carbocycles. The fraction of sp³-hybridized carbons (Fsp3) is 0.647. The van der Waals surface area contributed by atoms with Gasteiger partial charge in [-0.1, -0.05) is 19.9 Å². The molecule has 3 nitrogen and oxygen atoms in total. The van der Waals surface area contributed by atoms with Crippen LogP contribution in [0.25, 0.3) is 0 Å². The van der Waals surface area contributed by atoms with Crippen LogP contribution in [0.5, 0.6) is 0 Å². The van der Waals surface area contributed by atoms with Gasteiger partial charge in [0.1, 0.15) is 0 Å². The topological polar surface area (TPSA) is 24.5 Å². The van der Waals surface area contributed by atoms with Crippen LogP contribution >= 0.6 is 0 Å². The van der Waals surface area contributed by atoms with Gasteiger partial charge in [-0.2, -0.15) is 0 Å². The second kappa shape index (κ2) is 7.65. The van der Waals surface area contributed by atoms with Crippen LogP contribution in [0.4, 0.5) is 5.69 Å². The molecule has 1 fully saturated rings. The van der Waals surface area contributed by atoms with Crippen LogP contribution in [-0.4, -0.2) is 32.8 Å². The van der Waals surface area contributed by atoms with E-state index in [2.05, 4.69) is 49.2 Å². The quantitative estimate of drug-likeness (QED) is 0.895. The summed E-state index contributed by atoms with van der Waals surface area (Å²) >= 11 is 0. The molecule has 0 radical (unpaired) electrons. The Bertz CT molecular complexity index is 409. The van der Waals surface area contributed by atoms with Crippen molar-refractivity contribution in [3.05, 3.63) is 29.3 Å². The predicted octanol–water partition coefficient (Wildman–Crippen LogP) is 2.97. The molecule has 1 aliphatic heterocycles. The molecule has 0 saturated carbocycles. The SMILES string of the molecule is Cc1cc(N2CCCOCC2)ccc1CNCC(C)C. The van der Waals surface area contributed by atoms with E-state index in [1.54, 1.807) is 0 Å². The summed E-state index contributed by atoms with van der Waals surface area (Å²) in [4.78, 5) is 2.44. The van der Waals surface area contributed by atoms with Crippen molar-refractivity contribution in [2.75, 3.05) is 37.7 Å². The average Bonchev–Trinajstić information content (AvgIpc) is 2.69. The lowest BCUT2D eigenvalue weighted by Gasteiger charge is -2.23. The Labute approximate surface area is 123 Å². The second-order valence-corrected chi connectivity index (χ2v) is 6.09. The molecule has 1 aromatic rings. The first-order chi connectivity index (χ1) is 9.66. The van der Waals surface area contributed by atoms with E-state index in [0.717, 1.165) is 45.8 Å². The monoisotopic (exact) mass is 276 g/mol. The Morgan fingerprint density at radius 2 is 2.10 bits per heavy atom. The third kappa shape index (κ3) is 4.50. The molecule has 0 amide bonds. The summed E-state index contributed by atoms with van der Waals surface area (Å²) in [6.45, 7) is 12.6. The van der Waals surface area contributed by atoms with Crippen LogP contribution in [0.1, 0.15) is 31.4 Å². The number of ether oxygens (including phenoxy) is 1. The lowest BCUT2D eigenvalue weighted by atomic mass is 10.1. The van der Waals surface area contributed by atoms with E-state index in [9.17, 15) is 0 Å². The Hall–Kier alpha value is -1.06. The molecule has 0 unspecified atom stereocenters. The van der Waals surface area contributed by atoms with Crippen molar-refractivity contribution in [2.24, 2.45) is 5.92 Å².